The summed E-state index contributed by atoms with van der Waals surface area (Å²) in [6.45, 7) is 0.991. The highest BCUT2D eigenvalue weighted by Gasteiger charge is 2.20. The standard InChI is InChI=1S/C12H17NO3S/c1-16-11-6-5-9(10-4-3-7-13-10)8-12(11)17(2,14)15/h5-6,8,10,13H,3-4,7H2,1-2H3. The van der Waals surface area contributed by atoms with Gasteiger partial charge in [0.15, 0.2) is 9.84 Å². The average Bonchev–Trinajstić information content (AvgIpc) is 2.80. The maximum Gasteiger partial charge on any atom is 0.179 e. The second-order valence-electron chi connectivity index (χ2n) is 4.33. The second-order valence-corrected chi connectivity index (χ2v) is 6.32. The van der Waals surface area contributed by atoms with Crippen LogP contribution in [-0.2, 0) is 9.84 Å². The summed E-state index contributed by atoms with van der Waals surface area (Å²) in [7, 11) is -1.77. The molecule has 1 fully saturated rings. The molecule has 0 aliphatic carbocycles. The zero-order chi connectivity index (χ0) is 12.5. The molecule has 1 unspecified atom stereocenters. The van der Waals surface area contributed by atoms with E-state index < -0.39 is 9.84 Å². The first kappa shape index (κ1) is 12.4. The van der Waals surface area contributed by atoms with Gasteiger partial charge in [-0.3, -0.25) is 0 Å². The molecular weight excluding hydrogens is 238 g/mol. The lowest BCUT2D eigenvalue weighted by Crippen LogP contribution is -2.13. The molecule has 5 heteroatoms. The van der Waals surface area contributed by atoms with Crippen LogP contribution in [0.1, 0.15) is 24.4 Å². The molecule has 1 aromatic rings. The molecule has 1 aliphatic heterocycles. The molecule has 1 saturated heterocycles. The van der Waals surface area contributed by atoms with Gasteiger partial charge in [0.1, 0.15) is 10.6 Å². The summed E-state index contributed by atoms with van der Waals surface area (Å²) in [5.41, 5.74) is 1.02. The predicted octanol–water partition coefficient (Wildman–Crippen LogP) is 1.52. The van der Waals surface area contributed by atoms with Crippen LogP contribution in [0.3, 0.4) is 0 Å². The Kier molecular flexibility index (Phi) is 3.40. The summed E-state index contributed by atoms with van der Waals surface area (Å²) in [6.07, 6.45) is 3.39. The first-order chi connectivity index (χ1) is 8.02. The van der Waals surface area contributed by atoms with Gasteiger partial charge in [0.25, 0.3) is 0 Å². The predicted molar refractivity (Wildman–Crippen MR) is 66.1 cm³/mol. The minimum absolute atomic E-state index is 0.265. The zero-order valence-corrected chi connectivity index (χ0v) is 10.9. The minimum atomic E-state index is -3.25. The number of sulfone groups is 1. The van der Waals surface area contributed by atoms with Gasteiger partial charge in [-0.1, -0.05) is 6.07 Å². The molecular formula is C12H17NO3S. The molecule has 94 valence electrons. The lowest BCUT2D eigenvalue weighted by atomic mass is 10.1. The molecule has 1 N–H and O–H groups in total. The number of benzene rings is 1. The van der Waals surface area contributed by atoms with Gasteiger partial charge < -0.3 is 10.1 Å². The van der Waals surface area contributed by atoms with Crippen LogP contribution in [0.4, 0.5) is 0 Å². The van der Waals surface area contributed by atoms with E-state index in [1.807, 2.05) is 6.07 Å². The third-order valence-electron chi connectivity index (χ3n) is 3.05. The summed E-state index contributed by atoms with van der Waals surface area (Å²) in [5.74, 6) is 0.411. The van der Waals surface area contributed by atoms with Crippen LogP contribution in [0.25, 0.3) is 0 Å². The van der Waals surface area contributed by atoms with Gasteiger partial charge in [0.2, 0.25) is 0 Å². The van der Waals surface area contributed by atoms with Crippen molar-refractivity contribution in [3.8, 4) is 5.75 Å². The Balaban J connectivity index is 2.44. The Labute approximate surface area is 102 Å². The highest BCUT2D eigenvalue weighted by molar-refractivity contribution is 7.90. The highest BCUT2D eigenvalue weighted by atomic mass is 32.2. The number of methoxy groups -OCH3 is 1. The van der Waals surface area contributed by atoms with Crippen molar-refractivity contribution in [1.29, 1.82) is 0 Å². The van der Waals surface area contributed by atoms with E-state index in [4.69, 9.17) is 4.74 Å². The van der Waals surface area contributed by atoms with Crippen LogP contribution in [-0.4, -0.2) is 28.3 Å². The van der Waals surface area contributed by atoms with E-state index in [0.717, 1.165) is 24.9 Å². The van der Waals surface area contributed by atoms with Crippen LogP contribution < -0.4 is 10.1 Å². The third-order valence-corrected chi connectivity index (χ3v) is 4.17. The molecule has 4 nitrogen and oxygen atoms in total. The van der Waals surface area contributed by atoms with E-state index in [1.165, 1.54) is 13.4 Å². The van der Waals surface area contributed by atoms with Crippen molar-refractivity contribution in [2.24, 2.45) is 0 Å². The van der Waals surface area contributed by atoms with Gasteiger partial charge in [-0.05, 0) is 37.1 Å². The van der Waals surface area contributed by atoms with E-state index in [0.29, 0.717) is 5.75 Å². The average molecular weight is 255 g/mol. The van der Waals surface area contributed by atoms with E-state index in [9.17, 15) is 8.42 Å². The fourth-order valence-electron chi connectivity index (χ4n) is 2.17. The fraction of sp³-hybridized carbons (Fsp3) is 0.500. The van der Waals surface area contributed by atoms with Crippen molar-refractivity contribution >= 4 is 9.84 Å². The molecule has 0 bridgehead atoms. The van der Waals surface area contributed by atoms with Gasteiger partial charge >= 0.3 is 0 Å². The fourth-order valence-corrected chi connectivity index (χ4v) is 3.04. The van der Waals surface area contributed by atoms with E-state index in [1.54, 1.807) is 12.1 Å². The van der Waals surface area contributed by atoms with E-state index >= 15 is 0 Å². The summed E-state index contributed by atoms with van der Waals surface area (Å²) >= 11 is 0. The molecule has 0 aromatic heterocycles. The Bertz CT molecular complexity index is 504. The molecule has 0 saturated carbocycles. The summed E-state index contributed by atoms with van der Waals surface area (Å²) in [6, 6.07) is 5.64. The van der Waals surface area contributed by atoms with E-state index in [-0.39, 0.29) is 10.9 Å². The Morgan fingerprint density at radius 3 is 2.71 bits per heavy atom. The molecule has 0 radical (unpaired) electrons. The number of hydrogen-bond acceptors (Lipinski definition) is 4. The third kappa shape index (κ3) is 2.61. The topological polar surface area (TPSA) is 55.4 Å². The Morgan fingerprint density at radius 1 is 1.41 bits per heavy atom. The Hall–Kier alpha value is -1.07. The van der Waals surface area contributed by atoms with Gasteiger partial charge in [-0.2, -0.15) is 0 Å². The number of nitrogens with one attached hydrogen (secondary N) is 1. The van der Waals surface area contributed by atoms with Crippen molar-refractivity contribution < 1.29 is 13.2 Å². The molecule has 0 spiro atoms. The molecule has 17 heavy (non-hydrogen) atoms. The van der Waals surface area contributed by atoms with Gasteiger partial charge in [0.05, 0.1) is 7.11 Å². The first-order valence-electron chi connectivity index (χ1n) is 5.64. The van der Waals surface area contributed by atoms with Crippen molar-refractivity contribution in [3.63, 3.8) is 0 Å². The van der Waals surface area contributed by atoms with Crippen LogP contribution in [0, 0.1) is 0 Å². The normalized spacial score (nSPS) is 20.5. The molecule has 1 aliphatic rings. The lowest BCUT2D eigenvalue weighted by molar-refractivity contribution is 0.402. The molecule has 1 heterocycles. The van der Waals surface area contributed by atoms with Crippen LogP contribution >= 0.6 is 0 Å². The monoisotopic (exact) mass is 255 g/mol. The van der Waals surface area contributed by atoms with Crippen molar-refractivity contribution in [1.82, 2.24) is 5.32 Å². The minimum Gasteiger partial charge on any atom is -0.495 e. The summed E-state index contributed by atoms with van der Waals surface area (Å²) < 4.78 is 28.4. The maximum absolute atomic E-state index is 11.7. The number of hydrogen-bond donors (Lipinski definition) is 1. The van der Waals surface area contributed by atoms with Crippen LogP contribution in [0.5, 0.6) is 5.75 Å². The molecule has 1 aromatic carbocycles. The van der Waals surface area contributed by atoms with Gasteiger partial charge in [-0.15, -0.1) is 0 Å². The quantitative estimate of drug-likeness (QED) is 0.889. The number of ether oxygens (including phenoxy) is 1. The molecule has 0 amide bonds. The highest BCUT2D eigenvalue weighted by Crippen LogP contribution is 2.30. The summed E-state index contributed by atoms with van der Waals surface area (Å²) in [4.78, 5) is 0.270. The maximum atomic E-state index is 11.7. The van der Waals surface area contributed by atoms with Crippen LogP contribution in [0.2, 0.25) is 0 Å². The molecule has 2 rings (SSSR count). The Morgan fingerprint density at radius 2 is 2.18 bits per heavy atom. The van der Waals surface area contributed by atoms with Crippen LogP contribution in [0.15, 0.2) is 23.1 Å². The van der Waals surface area contributed by atoms with Gasteiger partial charge in [0, 0.05) is 12.3 Å². The second kappa shape index (κ2) is 4.66. The smallest absolute Gasteiger partial charge is 0.179 e. The zero-order valence-electron chi connectivity index (χ0n) is 10.1. The largest absolute Gasteiger partial charge is 0.495 e. The van der Waals surface area contributed by atoms with Crippen molar-refractivity contribution in [2.75, 3.05) is 19.9 Å². The first-order valence-corrected chi connectivity index (χ1v) is 7.53. The SMILES string of the molecule is COc1ccc(C2CCCN2)cc1S(C)(=O)=O. The molecule has 1 atom stereocenters. The van der Waals surface area contributed by atoms with Gasteiger partial charge in [-0.25, -0.2) is 8.42 Å². The van der Waals surface area contributed by atoms with Crippen molar-refractivity contribution in [3.05, 3.63) is 23.8 Å². The van der Waals surface area contributed by atoms with Crippen molar-refractivity contribution in [2.45, 2.75) is 23.8 Å². The summed E-state index contributed by atoms with van der Waals surface area (Å²) in [5, 5.41) is 3.35. The number of rotatable bonds is 3. The lowest BCUT2D eigenvalue weighted by Gasteiger charge is -2.14. The van der Waals surface area contributed by atoms with E-state index in [2.05, 4.69) is 5.32 Å².